The van der Waals surface area contributed by atoms with Gasteiger partial charge in [-0.25, -0.2) is 0 Å². The van der Waals surface area contributed by atoms with E-state index in [1.807, 2.05) is 0 Å². The largest absolute Gasteiger partial charge is 0.352 e. The molecule has 0 aromatic rings. The Morgan fingerprint density at radius 1 is 1.53 bits per heavy atom. The Balaban J connectivity index is 1.67. The Hall–Kier alpha value is -0.830. The third-order valence-corrected chi connectivity index (χ3v) is 3.79. The van der Waals surface area contributed by atoms with E-state index in [1.165, 1.54) is 44.5 Å². The molecule has 3 heteroatoms. The summed E-state index contributed by atoms with van der Waals surface area (Å²) in [5.41, 5.74) is 1.33. The minimum Gasteiger partial charge on any atom is -0.352 e. The van der Waals surface area contributed by atoms with Gasteiger partial charge in [0.1, 0.15) is 0 Å². The topological polar surface area (TPSA) is 32.3 Å². The quantitative estimate of drug-likeness (QED) is 0.809. The Kier molecular flexibility index (Phi) is 4.60. The predicted octanol–water partition coefficient (Wildman–Crippen LogP) is 1.94. The van der Waals surface area contributed by atoms with Gasteiger partial charge in [0.15, 0.2) is 0 Å². The standard InChI is InChI=1S/C14H24N2O/c1-12-4-2-8-16(11-12)9-3-5-13-6-7-15-14(17)10-13/h10,12H,2-9,11H2,1H3,(H,15,17). The lowest BCUT2D eigenvalue weighted by Gasteiger charge is -2.30. The maximum absolute atomic E-state index is 11.2. The van der Waals surface area contributed by atoms with Gasteiger partial charge in [0.25, 0.3) is 0 Å². The minimum atomic E-state index is 0.0952. The number of rotatable bonds is 4. The monoisotopic (exact) mass is 236 g/mol. The number of carbonyl (C=O) groups excluding carboxylic acids is 1. The lowest BCUT2D eigenvalue weighted by Crippen LogP contribution is -2.35. The molecule has 2 rings (SSSR count). The summed E-state index contributed by atoms with van der Waals surface area (Å²) in [4.78, 5) is 13.8. The van der Waals surface area contributed by atoms with Crippen LogP contribution in [0.15, 0.2) is 11.6 Å². The summed E-state index contributed by atoms with van der Waals surface area (Å²) in [6, 6.07) is 0. The SMILES string of the molecule is CC1CCCN(CCCC2=CC(=O)NCC2)C1. The van der Waals surface area contributed by atoms with Crippen molar-refractivity contribution < 1.29 is 4.79 Å². The Labute approximate surface area is 104 Å². The Morgan fingerprint density at radius 2 is 2.41 bits per heavy atom. The first-order chi connectivity index (χ1) is 8.24. The average Bonchev–Trinajstić information content (AvgIpc) is 2.29. The number of hydrogen-bond acceptors (Lipinski definition) is 2. The highest BCUT2D eigenvalue weighted by molar-refractivity contribution is 5.89. The Bertz CT molecular complexity index is 299. The molecule has 0 aliphatic carbocycles. The molecule has 17 heavy (non-hydrogen) atoms. The van der Waals surface area contributed by atoms with E-state index < -0.39 is 0 Å². The molecule has 1 N–H and O–H groups in total. The normalized spacial score (nSPS) is 26.5. The third kappa shape index (κ3) is 4.15. The summed E-state index contributed by atoms with van der Waals surface area (Å²) < 4.78 is 0. The van der Waals surface area contributed by atoms with Gasteiger partial charge >= 0.3 is 0 Å². The van der Waals surface area contributed by atoms with Crippen LogP contribution in [0.1, 0.15) is 39.0 Å². The van der Waals surface area contributed by atoms with Gasteiger partial charge in [-0.1, -0.05) is 12.5 Å². The van der Waals surface area contributed by atoms with Gasteiger partial charge in [-0.15, -0.1) is 0 Å². The van der Waals surface area contributed by atoms with Gasteiger partial charge in [-0.05, 0) is 51.1 Å². The second kappa shape index (κ2) is 6.20. The molecule has 2 aliphatic rings. The molecule has 1 amide bonds. The van der Waals surface area contributed by atoms with Crippen LogP contribution in [-0.4, -0.2) is 37.0 Å². The van der Waals surface area contributed by atoms with Crippen molar-refractivity contribution in [3.63, 3.8) is 0 Å². The average molecular weight is 236 g/mol. The van der Waals surface area contributed by atoms with E-state index in [4.69, 9.17) is 0 Å². The maximum Gasteiger partial charge on any atom is 0.243 e. The molecular formula is C14H24N2O. The number of carbonyl (C=O) groups is 1. The maximum atomic E-state index is 11.2. The lowest BCUT2D eigenvalue weighted by molar-refractivity contribution is -0.116. The number of nitrogens with one attached hydrogen (secondary N) is 1. The van der Waals surface area contributed by atoms with Gasteiger partial charge in [0.2, 0.25) is 5.91 Å². The molecule has 1 atom stereocenters. The van der Waals surface area contributed by atoms with E-state index in [0.717, 1.165) is 25.3 Å². The van der Waals surface area contributed by atoms with Crippen molar-refractivity contribution in [2.24, 2.45) is 5.92 Å². The number of nitrogens with zero attached hydrogens (tertiary/aromatic N) is 1. The molecular weight excluding hydrogens is 212 g/mol. The highest BCUT2D eigenvalue weighted by Gasteiger charge is 2.16. The van der Waals surface area contributed by atoms with Gasteiger partial charge < -0.3 is 10.2 Å². The van der Waals surface area contributed by atoms with Crippen molar-refractivity contribution in [1.82, 2.24) is 10.2 Å². The van der Waals surface area contributed by atoms with Crippen LogP contribution in [0.2, 0.25) is 0 Å². The fourth-order valence-electron chi connectivity index (χ4n) is 2.87. The van der Waals surface area contributed by atoms with E-state index >= 15 is 0 Å². The predicted molar refractivity (Wildman–Crippen MR) is 69.8 cm³/mol. The molecule has 0 radical (unpaired) electrons. The van der Waals surface area contributed by atoms with Crippen LogP contribution < -0.4 is 5.32 Å². The smallest absolute Gasteiger partial charge is 0.243 e. The van der Waals surface area contributed by atoms with Crippen molar-refractivity contribution in [3.05, 3.63) is 11.6 Å². The summed E-state index contributed by atoms with van der Waals surface area (Å²) >= 11 is 0. The molecule has 0 saturated carbocycles. The zero-order valence-corrected chi connectivity index (χ0v) is 10.9. The molecule has 2 heterocycles. The molecule has 1 unspecified atom stereocenters. The van der Waals surface area contributed by atoms with Crippen LogP contribution >= 0.6 is 0 Å². The first-order valence-electron chi connectivity index (χ1n) is 6.93. The summed E-state index contributed by atoms with van der Waals surface area (Å²) in [7, 11) is 0. The fourth-order valence-corrected chi connectivity index (χ4v) is 2.87. The van der Waals surface area contributed by atoms with E-state index in [-0.39, 0.29) is 5.91 Å². The van der Waals surface area contributed by atoms with Crippen LogP contribution in [0.4, 0.5) is 0 Å². The number of hydrogen-bond donors (Lipinski definition) is 1. The molecule has 0 aromatic heterocycles. The van der Waals surface area contributed by atoms with Gasteiger partial charge in [-0.2, -0.15) is 0 Å². The zero-order valence-electron chi connectivity index (χ0n) is 10.9. The fraction of sp³-hybridized carbons (Fsp3) is 0.786. The van der Waals surface area contributed by atoms with E-state index in [9.17, 15) is 4.79 Å². The van der Waals surface area contributed by atoms with Crippen LogP contribution in [0.25, 0.3) is 0 Å². The van der Waals surface area contributed by atoms with Crippen LogP contribution in [0, 0.1) is 5.92 Å². The molecule has 0 aromatic carbocycles. The Morgan fingerprint density at radius 3 is 3.18 bits per heavy atom. The molecule has 1 fully saturated rings. The highest BCUT2D eigenvalue weighted by Crippen LogP contribution is 2.17. The first-order valence-corrected chi connectivity index (χ1v) is 6.93. The van der Waals surface area contributed by atoms with Crippen molar-refractivity contribution >= 4 is 5.91 Å². The van der Waals surface area contributed by atoms with Crippen molar-refractivity contribution in [2.45, 2.75) is 39.0 Å². The third-order valence-electron chi connectivity index (χ3n) is 3.79. The molecule has 3 nitrogen and oxygen atoms in total. The number of likely N-dealkylation sites (tertiary alicyclic amines) is 1. The van der Waals surface area contributed by atoms with Crippen LogP contribution in [0.3, 0.4) is 0 Å². The van der Waals surface area contributed by atoms with Gasteiger partial charge in [0.05, 0.1) is 0 Å². The zero-order chi connectivity index (χ0) is 12.1. The van der Waals surface area contributed by atoms with Crippen molar-refractivity contribution in [1.29, 1.82) is 0 Å². The molecule has 2 aliphatic heterocycles. The van der Waals surface area contributed by atoms with E-state index in [2.05, 4.69) is 17.1 Å². The molecule has 0 spiro atoms. The summed E-state index contributed by atoms with van der Waals surface area (Å²) in [5.74, 6) is 0.960. The molecule has 0 bridgehead atoms. The highest BCUT2D eigenvalue weighted by atomic mass is 16.1. The number of piperidine rings is 1. The van der Waals surface area contributed by atoms with Gasteiger partial charge in [0, 0.05) is 19.2 Å². The summed E-state index contributed by atoms with van der Waals surface area (Å²) in [6.07, 6.45) is 7.88. The first kappa shape index (κ1) is 12.6. The van der Waals surface area contributed by atoms with Crippen LogP contribution in [-0.2, 0) is 4.79 Å². The van der Waals surface area contributed by atoms with Crippen LogP contribution in [0.5, 0.6) is 0 Å². The van der Waals surface area contributed by atoms with Gasteiger partial charge in [-0.3, -0.25) is 4.79 Å². The summed E-state index contributed by atoms with van der Waals surface area (Å²) in [5, 5.41) is 2.83. The minimum absolute atomic E-state index is 0.0952. The van der Waals surface area contributed by atoms with Crippen molar-refractivity contribution in [2.75, 3.05) is 26.2 Å². The second-order valence-electron chi connectivity index (χ2n) is 5.50. The number of amides is 1. The second-order valence-corrected chi connectivity index (χ2v) is 5.50. The molecule has 96 valence electrons. The summed E-state index contributed by atoms with van der Waals surface area (Å²) in [6.45, 7) is 6.90. The lowest BCUT2D eigenvalue weighted by atomic mass is 9.99. The van der Waals surface area contributed by atoms with E-state index in [1.54, 1.807) is 6.08 Å². The van der Waals surface area contributed by atoms with E-state index in [0.29, 0.717) is 0 Å². The van der Waals surface area contributed by atoms with Crippen molar-refractivity contribution in [3.8, 4) is 0 Å². The molecule has 1 saturated heterocycles.